The van der Waals surface area contributed by atoms with E-state index in [1.807, 2.05) is 39.1 Å². The maximum absolute atomic E-state index is 13.1. The van der Waals surface area contributed by atoms with Crippen LogP contribution in [0.3, 0.4) is 0 Å². The van der Waals surface area contributed by atoms with Crippen LogP contribution < -0.4 is 0 Å². The van der Waals surface area contributed by atoms with Crippen molar-refractivity contribution in [2.75, 3.05) is 6.54 Å². The average molecular weight is 569 g/mol. The van der Waals surface area contributed by atoms with Gasteiger partial charge in [0.1, 0.15) is 10.7 Å². The van der Waals surface area contributed by atoms with Gasteiger partial charge in [-0.2, -0.15) is 0 Å². The van der Waals surface area contributed by atoms with Crippen LogP contribution in [0.4, 0.5) is 0 Å². The van der Waals surface area contributed by atoms with Crippen LogP contribution in [-0.2, 0) is 18.7 Å². The van der Waals surface area contributed by atoms with Gasteiger partial charge in [0, 0.05) is 18.5 Å². The summed E-state index contributed by atoms with van der Waals surface area (Å²) in [6, 6.07) is 17.2. The Labute approximate surface area is 231 Å². The molecule has 0 bridgehead atoms. The van der Waals surface area contributed by atoms with E-state index in [1.165, 1.54) is 34.2 Å². The van der Waals surface area contributed by atoms with Gasteiger partial charge in [-0.1, -0.05) is 59.2 Å². The number of amides is 1. The lowest BCUT2D eigenvalue weighted by molar-refractivity contribution is 0.0729. The van der Waals surface area contributed by atoms with E-state index in [1.54, 1.807) is 24.5 Å². The number of fused-ring (bicyclic) bond motifs is 1. The highest BCUT2D eigenvalue weighted by Crippen LogP contribution is 2.33. The maximum Gasteiger partial charge on any atom is 0.273 e. The lowest BCUT2D eigenvalue weighted by Gasteiger charge is -2.28. The van der Waals surface area contributed by atoms with Crippen molar-refractivity contribution >= 4 is 52.2 Å². The molecule has 0 aliphatic carbocycles. The van der Waals surface area contributed by atoms with Gasteiger partial charge in [0.05, 0.1) is 27.7 Å². The van der Waals surface area contributed by atoms with Crippen LogP contribution >= 0.6 is 46.3 Å². The summed E-state index contributed by atoms with van der Waals surface area (Å²) in [5.41, 5.74) is 3.74. The number of carbonyl (C=O) groups excluding carboxylic acids is 1. The number of benzene rings is 2. The molecule has 37 heavy (non-hydrogen) atoms. The molecular formula is C26H19Cl2N5O2S2. The number of hydrogen-bond acceptors (Lipinski definition) is 7. The predicted octanol–water partition coefficient (Wildman–Crippen LogP) is 6.78. The Hall–Kier alpha value is -3.11. The zero-order valence-corrected chi connectivity index (χ0v) is 22.4. The lowest BCUT2D eigenvalue weighted by Crippen LogP contribution is -2.36. The molecule has 4 heterocycles. The van der Waals surface area contributed by atoms with Crippen molar-refractivity contribution in [1.29, 1.82) is 0 Å². The number of furan rings is 1. The number of thiazole rings is 1. The van der Waals surface area contributed by atoms with Gasteiger partial charge in [0.15, 0.2) is 10.9 Å². The molecule has 0 fully saturated rings. The van der Waals surface area contributed by atoms with Crippen LogP contribution in [-0.4, -0.2) is 37.1 Å². The Morgan fingerprint density at radius 2 is 1.92 bits per heavy atom. The molecule has 2 aromatic carbocycles. The SMILES string of the molecule is O=C(c1csc(CSc2nnc(-c3ccco3)n2-c2ccc(Cl)c(Cl)c2)n1)N1CCc2ccccc2C1. The zero-order chi connectivity index (χ0) is 25.4. The first-order valence-corrected chi connectivity index (χ1v) is 14.1. The molecule has 5 aromatic rings. The molecule has 0 unspecified atom stereocenters. The number of nitrogens with zero attached hydrogens (tertiary/aromatic N) is 5. The largest absolute Gasteiger partial charge is 0.461 e. The van der Waals surface area contributed by atoms with Crippen LogP contribution in [0.1, 0.15) is 26.6 Å². The van der Waals surface area contributed by atoms with Crippen LogP contribution in [0.5, 0.6) is 0 Å². The van der Waals surface area contributed by atoms with Gasteiger partial charge >= 0.3 is 0 Å². The van der Waals surface area contributed by atoms with Crippen molar-refractivity contribution in [3.05, 3.63) is 98.1 Å². The van der Waals surface area contributed by atoms with Gasteiger partial charge in [-0.05, 0) is 47.9 Å². The molecule has 0 N–H and O–H groups in total. The monoisotopic (exact) mass is 567 g/mol. The molecule has 0 spiro atoms. The minimum atomic E-state index is -0.0407. The highest BCUT2D eigenvalue weighted by molar-refractivity contribution is 7.98. The fraction of sp³-hybridized carbons (Fsp3) is 0.154. The topological polar surface area (TPSA) is 77.0 Å². The van der Waals surface area contributed by atoms with Crippen LogP contribution in [0, 0.1) is 0 Å². The summed E-state index contributed by atoms with van der Waals surface area (Å²) in [4.78, 5) is 19.6. The number of hydrogen-bond donors (Lipinski definition) is 0. The molecule has 6 rings (SSSR count). The van der Waals surface area contributed by atoms with E-state index < -0.39 is 0 Å². The highest BCUT2D eigenvalue weighted by Gasteiger charge is 2.24. The van der Waals surface area contributed by atoms with E-state index in [2.05, 4.69) is 27.3 Å². The van der Waals surface area contributed by atoms with Crippen molar-refractivity contribution in [2.45, 2.75) is 23.9 Å². The molecule has 0 atom stereocenters. The van der Waals surface area contributed by atoms with E-state index >= 15 is 0 Å². The Morgan fingerprint density at radius 3 is 2.73 bits per heavy atom. The summed E-state index contributed by atoms with van der Waals surface area (Å²) in [6.45, 7) is 1.30. The summed E-state index contributed by atoms with van der Waals surface area (Å²) in [6.07, 6.45) is 2.45. The summed E-state index contributed by atoms with van der Waals surface area (Å²) in [5.74, 6) is 1.61. The first-order chi connectivity index (χ1) is 18.1. The van der Waals surface area contributed by atoms with Crippen molar-refractivity contribution in [2.24, 2.45) is 0 Å². The van der Waals surface area contributed by atoms with Crippen molar-refractivity contribution in [1.82, 2.24) is 24.6 Å². The second-order valence-electron chi connectivity index (χ2n) is 8.38. The Kier molecular flexibility index (Phi) is 6.77. The van der Waals surface area contributed by atoms with Gasteiger partial charge < -0.3 is 9.32 Å². The van der Waals surface area contributed by atoms with E-state index in [-0.39, 0.29) is 5.91 Å². The van der Waals surface area contributed by atoms with Gasteiger partial charge in [0.2, 0.25) is 5.82 Å². The van der Waals surface area contributed by atoms with E-state index in [9.17, 15) is 4.79 Å². The van der Waals surface area contributed by atoms with Crippen molar-refractivity contribution < 1.29 is 9.21 Å². The van der Waals surface area contributed by atoms with Crippen LogP contribution in [0.15, 0.2) is 75.8 Å². The Bertz CT molecular complexity index is 1580. The Morgan fingerprint density at radius 1 is 1.05 bits per heavy atom. The fourth-order valence-corrected chi connectivity index (χ4v) is 6.25. The van der Waals surface area contributed by atoms with Gasteiger partial charge in [-0.3, -0.25) is 9.36 Å². The van der Waals surface area contributed by atoms with Crippen LogP contribution in [0.25, 0.3) is 17.3 Å². The average Bonchev–Trinajstić information content (AvgIpc) is 3.69. The first-order valence-electron chi connectivity index (χ1n) is 11.4. The number of aromatic nitrogens is 4. The van der Waals surface area contributed by atoms with Crippen LogP contribution in [0.2, 0.25) is 10.0 Å². The third kappa shape index (κ3) is 4.92. The quantitative estimate of drug-likeness (QED) is 0.210. The number of thioether (sulfide) groups is 1. The summed E-state index contributed by atoms with van der Waals surface area (Å²) < 4.78 is 7.45. The number of rotatable bonds is 6. The third-order valence-corrected chi connectivity index (χ3v) is 8.76. The molecule has 1 amide bonds. The number of carbonyl (C=O) groups is 1. The molecule has 1 aliphatic heterocycles. The standard InChI is InChI=1S/C26H19Cl2N5O2S2/c27-19-8-7-18(12-20(19)28)33-24(22-6-3-11-35-22)30-31-26(33)37-15-23-29-21(14-36-23)25(34)32-10-9-16-4-1-2-5-17(16)13-32/h1-8,11-12,14H,9-10,13,15H2. The second kappa shape index (κ2) is 10.3. The minimum absolute atomic E-state index is 0.0407. The molecule has 1 aliphatic rings. The third-order valence-electron chi connectivity index (χ3n) is 6.05. The molecule has 3 aromatic heterocycles. The van der Waals surface area contributed by atoms with Gasteiger partial charge in [-0.25, -0.2) is 4.98 Å². The summed E-state index contributed by atoms with van der Waals surface area (Å²) >= 11 is 15.4. The second-order valence-corrected chi connectivity index (χ2v) is 11.1. The molecule has 186 valence electrons. The molecule has 11 heteroatoms. The molecule has 0 saturated carbocycles. The van der Waals surface area contributed by atoms with E-state index in [0.29, 0.717) is 51.3 Å². The summed E-state index contributed by atoms with van der Waals surface area (Å²) in [7, 11) is 0. The molecule has 7 nitrogen and oxygen atoms in total. The molecule has 0 radical (unpaired) electrons. The molecular weight excluding hydrogens is 549 g/mol. The number of halogens is 2. The zero-order valence-electron chi connectivity index (χ0n) is 19.3. The van der Waals surface area contributed by atoms with Crippen molar-refractivity contribution in [3.8, 4) is 17.3 Å². The van der Waals surface area contributed by atoms with E-state index in [4.69, 9.17) is 27.6 Å². The predicted molar refractivity (Wildman–Crippen MR) is 146 cm³/mol. The Balaban J connectivity index is 1.21. The normalized spacial score (nSPS) is 13.1. The van der Waals surface area contributed by atoms with E-state index in [0.717, 1.165) is 17.1 Å². The fourth-order valence-electron chi connectivity index (χ4n) is 4.22. The minimum Gasteiger partial charge on any atom is -0.461 e. The highest BCUT2D eigenvalue weighted by atomic mass is 35.5. The van der Waals surface area contributed by atoms with Gasteiger partial charge in [0.25, 0.3) is 5.91 Å². The first kappa shape index (κ1) is 24.2. The summed E-state index contributed by atoms with van der Waals surface area (Å²) in [5, 5.41) is 12.9. The maximum atomic E-state index is 13.1. The van der Waals surface area contributed by atoms with Gasteiger partial charge in [-0.15, -0.1) is 21.5 Å². The lowest BCUT2D eigenvalue weighted by atomic mass is 10.00. The smallest absolute Gasteiger partial charge is 0.273 e. The molecule has 0 saturated heterocycles. The van der Waals surface area contributed by atoms with Crippen molar-refractivity contribution in [3.63, 3.8) is 0 Å².